The van der Waals surface area contributed by atoms with Gasteiger partial charge in [0.25, 0.3) is 5.91 Å². The van der Waals surface area contributed by atoms with Gasteiger partial charge in [0, 0.05) is 63.2 Å². The topological polar surface area (TPSA) is 99.5 Å². The molecule has 2 amide bonds. The van der Waals surface area contributed by atoms with Gasteiger partial charge in [0.2, 0.25) is 5.91 Å². The third-order valence-corrected chi connectivity index (χ3v) is 6.03. The molecule has 3 N–H and O–H groups in total. The molecule has 0 radical (unpaired) electrons. The zero-order valence-corrected chi connectivity index (χ0v) is 16.4. The minimum absolute atomic E-state index is 0.140. The summed E-state index contributed by atoms with van der Waals surface area (Å²) in [4.78, 5) is 26.9. The third kappa shape index (κ3) is 5.32. The number of carbonyl (C=O) groups is 2. The second-order valence-electron chi connectivity index (χ2n) is 8.32. The molecule has 0 bridgehead atoms. The lowest BCUT2D eigenvalue weighted by Crippen LogP contribution is -2.46. The molecule has 2 heterocycles. The molecule has 8 heteroatoms. The third-order valence-electron chi connectivity index (χ3n) is 6.03. The second kappa shape index (κ2) is 9.05. The number of carbonyl (C=O) groups excluding carboxylic acids is 2. The highest BCUT2D eigenvalue weighted by atomic mass is 16.5. The van der Waals surface area contributed by atoms with E-state index in [2.05, 4.69) is 26.0 Å². The Labute approximate surface area is 165 Å². The van der Waals surface area contributed by atoms with Crippen LogP contribution in [0.2, 0.25) is 0 Å². The molecule has 8 nitrogen and oxygen atoms in total. The number of nitrogens with zero attached hydrogens (tertiary/aromatic N) is 2. The van der Waals surface area contributed by atoms with Crippen molar-refractivity contribution >= 4 is 11.8 Å². The molecule has 2 saturated carbocycles. The molecular weight excluding hydrogens is 358 g/mol. The van der Waals surface area contributed by atoms with Gasteiger partial charge in [-0.2, -0.15) is 0 Å². The van der Waals surface area contributed by atoms with E-state index in [0.717, 1.165) is 77.0 Å². The predicted octanol–water partition coefficient (Wildman–Crippen LogP) is 1.00. The van der Waals surface area contributed by atoms with Crippen molar-refractivity contribution in [1.29, 1.82) is 0 Å². The zero-order chi connectivity index (χ0) is 19.3. The number of rotatable bonds is 7. The van der Waals surface area contributed by atoms with E-state index in [-0.39, 0.29) is 23.9 Å². The van der Waals surface area contributed by atoms with E-state index in [4.69, 9.17) is 4.52 Å². The first kappa shape index (κ1) is 19.4. The molecule has 1 aromatic rings. The molecule has 1 saturated heterocycles. The van der Waals surface area contributed by atoms with Crippen molar-refractivity contribution in [3.63, 3.8) is 0 Å². The van der Waals surface area contributed by atoms with Crippen LogP contribution in [-0.4, -0.2) is 66.7 Å². The highest BCUT2D eigenvalue weighted by Gasteiger charge is 2.30. The zero-order valence-electron chi connectivity index (χ0n) is 16.4. The summed E-state index contributed by atoms with van der Waals surface area (Å²) in [6.07, 6.45) is 6.37. The maximum atomic E-state index is 12.4. The van der Waals surface area contributed by atoms with Crippen molar-refractivity contribution in [3.05, 3.63) is 17.5 Å². The largest absolute Gasteiger partial charge is 0.360 e. The normalized spacial score (nSPS) is 26.0. The fourth-order valence-corrected chi connectivity index (χ4v) is 4.09. The second-order valence-corrected chi connectivity index (χ2v) is 8.32. The van der Waals surface area contributed by atoms with E-state index in [1.165, 1.54) is 0 Å². The molecule has 2 aliphatic carbocycles. The van der Waals surface area contributed by atoms with Gasteiger partial charge in [0.15, 0.2) is 5.69 Å². The van der Waals surface area contributed by atoms with E-state index in [1.54, 1.807) is 6.07 Å². The molecule has 0 unspecified atom stereocenters. The van der Waals surface area contributed by atoms with Crippen molar-refractivity contribution in [1.82, 2.24) is 26.0 Å². The first-order valence-corrected chi connectivity index (χ1v) is 10.7. The average Bonchev–Trinajstić information content (AvgIpc) is 3.45. The lowest BCUT2D eigenvalue weighted by Gasteiger charge is -2.30. The van der Waals surface area contributed by atoms with Crippen LogP contribution in [0.15, 0.2) is 10.6 Å². The van der Waals surface area contributed by atoms with E-state index < -0.39 is 0 Å². The van der Waals surface area contributed by atoms with Gasteiger partial charge < -0.3 is 25.4 Å². The van der Waals surface area contributed by atoms with Crippen LogP contribution in [0.4, 0.5) is 0 Å². The van der Waals surface area contributed by atoms with Gasteiger partial charge in [0.1, 0.15) is 5.76 Å². The van der Waals surface area contributed by atoms with Crippen LogP contribution in [0.1, 0.15) is 67.1 Å². The van der Waals surface area contributed by atoms with Crippen molar-refractivity contribution in [2.75, 3.05) is 32.7 Å². The summed E-state index contributed by atoms with van der Waals surface area (Å²) in [6, 6.07) is 2.14. The van der Waals surface area contributed by atoms with Crippen LogP contribution in [-0.2, 0) is 4.79 Å². The number of aromatic nitrogens is 1. The van der Waals surface area contributed by atoms with Gasteiger partial charge in [-0.25, -0.2) is 0 Å². The monoisotopic (exact) mass is 389 g/mol. The van der Waals surface area contributed by atoms with E-state index in [1.807, 2.05) is 0 Å². The highest BCUT2D eigenvalue weighted by Crippen LogP contribution is 2.40. The number of hydrogen-bond acceptors (Lipinski definition) is 6. The van der Waals surface area contributed by atoms with Crippen LogP contribution in [0.3, 0.4) is 0 Å². The van der Waals surface area contributed by atoms with Crippen molar-refractivity contribution < 1.29 is 14.1 Å². The molecule has 28 heavy (non-hydrogen) atoms. The summed E-state index contributed by atoms with van der Waals surface area (Å²) < 4.78 is 5.26. The Bertz CT molecular complexity index is 673. The fraction of sp³-hybridized carbons (Fsp3) is 0.750. The first-order valence-electron chi connectivity index (χ1n) is 10.7. The van der Waals surface area contributed by atoms with Crippen LogP contribution < -0.4 is 16.0 Å². The summed E-state index contributed by atoms with van der Waals surface area (Å²) in [5.74, 6) is 1.28. The Morgan fingerprint density at radius 1 is 1.07 bits per heavy atom. The Balaban J connectivity index is 1.13. The molecule has 3 fully saturated rings. The Morgan fingerprint density at radius 3 is 2.43 bits per heavy atom. The van der Waals surface area contributed by atoms with E-state index in [9.17, 15) is 9.59 Å². The summed E-state index contributed by atoms with van der Waals surface area (Å²) in [7, 11) is 0. The minimum Gasteiger partial charge on any atom is -0.360 e. The summed E-state index contributed by atoms with van der Waals surface area (Å²) >= 11 is 0. The Hall–Kier alpha value is -1.93. The van der Waals surface area contributed by atoms with Crippen LogP contribution in [0.5, 0.6) is 0 Å². The van der Waals surface area contributed by atoms with Gasteiger partial charge in [-0.1, -0.05) is 5.16 Å². The molecular formula is C20H31N5O3. The van der Waals surface area contributed by atoms with Gasteiger partial charge >= 0.3 is 0 Å². The highest BCUT2D eigenvalue weighted by molar-refractivity contribution is 5.92. The smallest absolute Gasteiger partial charge is 0.273 e. The minimum atomic E-state index is -0.154. The average molecular weight is 390 g/mol. The Morgan fingerprint density at radius 2 is 1.75 bits per heavy atom. The summed E-state index contributed by atoms with van der Waals surface area (Å²) in [6.45, 7) is 4.89. The molecule has 1 aliphatic heterocycles. The van der Waals surface area contributed by atoms with Crippen LogP contribution in [0.25, 0.3) is 0 Å². The quantitative estimate of drug-likeness (QED) is 0.644. The lowest BCUT2D eigenvalue weighted by molar-refractivity contribution is -0.122. The van der Waals surface area contributed by atoms with Crippen molar-refractivity contribution in [2.45, 2.75) is 62.9 Å². The summed E-state index contributed by atoms with van der Waals surface area (Å²) in [5, 5.41) is 13.5. The van der Waals surface area contributed by atoms with Crippen LogP contribution >= 0.6 is 0 Å². The van der Waals surface area contributed by atoms with E-state index >= 15 is 0 Å². The standard InChI is InChI=1S/C20H31N5O3/c26-19(7-10-25-11-8-21-9-12-25)22-15-3-5-16(6-4-15)23-20(27)17-13-18(28-24-17)14-1-2-14/h13-16,21H,1-12H2,(H,22,26)(H,23,27). The van der Waals surface area contributed by atoms with Gasteiger partial charge in [-0.3, -0.25) is 9.59 Å². The molecule has 0 aromatic carbocycles. The predicted molar refractivity (Wildman–Crippen MR) is 104 cm³/mol. The molecule has 3 aliphatic rings. The number of nitrogens with one attached hydrogen (secondary N) is 3. The van der Waals surface area contributed by atoms with Gasteiger partial charge in [0.05, 0.1) is 0 Å². The van der Waals surface area contributed by atoms with E-state index in [0.29, 0.717) is 18.0 Å². The number of hydrogen-bond donors (Lipinski definition) is 3. The number of piperazine rings is 1. The maximum absolute atomic E-state index is 12.4. The maximum Gasteiger partial charge on any atom is 0.273 e. The Kier molecular flexibility index (Phi) is 6.26. The number of amides is 2. The molecule has 0 spiro atoms. The molecule has 154 valence electrons. The van der Waals surface area contributed by atoms with Gasteiger partial charge in [-0.05, 0) is 38.5 Å². The fourth-order valence-electron chi connectivity index (χ4n) is 4.09. The summed E-state index contributed by atoms with van der Waals surface area (Å²) in [5.41, 5.74) is 0.380. The lowest BCUT2D eigenvalue weighted by atomic mass is 9.91. The van der Waals surface area contributed by atoms with Crippen LogP contribution in [0, 0.1) is 0 Å². The van der Waals surface area contributed by atoms with Gasteiger partial charge in [-0.15, -0.1) is 0 Å². The molecule has 4 rings (SSSR count). The molecule has 1 aromatic heterocycles. The molecule has 0 atom stereocenters. The SMILES string of the molecule is O=C(CCN1CCNCC1)NC1CCC(NC(=O)c2cc(C3CC3)on2)CC1. The first-order chi connectivity index (χ1) is 13.7. The van der Waals surface area contributed by atoms with Crippen molar-refractivity contribution in [3.8, 4) is 0 Å². The van der Waals surface area contributed by atoms with Crippen molar-refractivity contribution in [2.24, 2.45) is 0 Å².